The van der Waals surface area contributed by atoms with Crippen molar-refractivity contribution in [1.29, 1.82) is 0 Å². The zero-order chi connectivity index (χ0) is 18.1. The van der Waals surface area contributed by atoms with Crippen LogP contribution in [0.2, 0.25) is 0 Å². The molecule has 0 bridgehead atoms. The Bertz CT molecular complexity index is 302. The Morgan fingerprint density at radius 3 is 1.92 bits per heavy atom. The van der Waals surface area contributed by atoms with Crippen LogP contribution in [0.15, 0.2) is 0 Å². The van der Waals surface area contributed by atoms with E-state index < -0.39 is 0 Å². The Balaban J connectivity index is 0.000000465. The molecule has 2 heteroatoms. The van der Waals surface area contributed by atoms with Crippen molar-refractivity contribution >= 4 is 0 Å². The first-order chi connectivity index (χ1) is 11.3. The van der Waals surface area contributed by atoms with Crippen LogP contribution in [0.25, 0.3) is 0 Å². The molecule has 0 atom stereocenters. The maximum atomic E-state index is 5.90. The van der Waals surface area contributed by atoms with E-state index in [1.165, 1.54) is 64.3 Å². The van der Waals surface area contributed by atoms with Crippen molar-refractivity contribution in [3.8, 4) is 0 Å². The summed E-state index contributed by atoms with van der Waals surface area (Å²) in [4.78, 5) is 0. The van der Waals surface area contributed by atoms with Gasteiger partial charge in [-0.2, -0.15) is 0 Å². The first kappa shape index (κ1) is 24.9. The van der Waals surface area contributed by atoms with Crippen LogP contribution in [0, 0.1) is 10.8 Å². The van der Waals surface area contributed by atoms with Crippen molar-refractivity contribution in [3.05, 3.63) is 0 Å². The lowest BCUT2D eigenvalue weighted by atomic mass is 9.64. The smallest absolute Gasteiger partial charge is 0.0585 e. The van der Waals surface area contributed by atoms with Gasteiger partial charge in [0.25, 0.3) is 0 Å². The lowest BCUT2D eigenvalue weighted by Crippen LogP contribution is -2.38. The summed E-state index contributed by atoms with van der Waals surface area (Å²) in [6, 6.07) is 0.855. The van der Waals surface area contributed by atoms with Gasteiger partial charge in [-0.15, -0.1) is 0 Å². The van der Waals surface area contributed by atoms with E-state index in [1.807, 2.05) is 0 Å². The zero-order valence-corrected chi connectivity index (χ0v) is 17.5. The van der Waals surface area contributed by atoms with Gasteiger partial charge in [0, 0.05) is 12.6 Å². The number of ether oxygens (including phenoxy) is 1. The summed E-state index contributed by atoms with van der Waals surface area (Å²) in [7, 11) is 0. The molecule has 2 fully saturated rings. The second kappa shape index (κ2) is 12.3. The maximum absolute atomic E-state index is 5.90. The minimum atomic E-state index is 0. The normalized spacial score (nSPS) is 23.3. The van der Waals surface area contributed by atoms with Crippen LogP contribution in [-0.2, 0) is 4.74 Å². The first-order valence-corrected chi connectivity index (χ1v) is 10.6. The van der Waals surface area contributed by atoms with Crippen LogP contribution in [0.5, 0.6) is 0 Å². The Hall–Kier alpha value is -0.0800. The van der Waals surface area contributed by atoms with E-state index in [0.717, 1.165) is 19.1 Å². The molecule has 152 valence electrons. The van der Waals surface area contributed by atoms with E-state index in [2.05, 4.69) is 46.9 Å². The van der Waals surface area contributed by atoms with Crippen LogP contribution >= 0.6 is 0 Å². The average Bonchev–Trinajstić information content (AvgIpc) is 2.49. The molecule has 0 heterocycles. The molecule has 25 heavy (non-hydrogen) atoms. The van der Waals surface area contributed by atoms with E-state index in [0.29, 0.717) is 16.9 Å². The van der Waals surface area contributed by atoms with Gasteiger partial charge in [-0.1, -0.05) is 68.2 Å². The fourth-order valence-corrected chi connectivity index (χ4v) is 4.80. The van der Waals surface area contributed by atoms with Gasteiger partial charge < -0.3 is 10.1 Å². The lowest BCUT2D eigenvalue weighted by molar-refractivity contribution is -0.0485. The molecular weight excluding hydrogens is 306 g/mol. The summed E-state index contributed by atoms with van der Waals surface area (Å²) in [5.74, 6) is 0. The molecule has 2 rings (SSSR count). The maximum Gasteiger partial charge on any atom is 0.0585 e. The molecule has 2 nitrogen and oxygen atoms in total. The van der Waals surface area contributed by atoms with Gasteiger partial charge in [-0.3, -0.25) is 0 Å². The summed E-state index contributed by atoms with van der Waals surface area (Å²) >= 11 is 0. The molecule has 0 aromatic heterocycles. The number of rotatable bonds is 6. The van der Waals surface area contributed by atoms with Gasteiger partial charge >= 0.3 is 0 Å². The van der Waals surface area contributed by atoms with Gasteiger partial charge in [0.05, 0.1) is 6.10 Å². The van der Waals surface area contributed by atoms with Crippen molar-refractivity contribution in [3.63, 3.8) is 0 Å². The second-order valence-electron chi connectivity index (χ2n) is 9.70. The van der Waals surface area contributed by atoms with Gasteiger partial charge in [0.2, 0.25) is 0 Å². The van der Waals surface area contributed by atoms with E-state index in [-0.39, 0.29) is 7.43 Å². The van der Waals surface area contributed by atoms with Crippen molar-refractivity contribution in [2.75, 3.05) is 13.2 Å². The Labute approximate surface area is 159 Å². The van der Waals surface area contributed by atoms with Crippen molar-refractivity contribution < 1.29 is 4.74 Å². The molecule has 0 unspecified atom stereocenters. The topological polar surface area (TPSA) is 21.3 Å². The van der Waals surface area contributed by atoms with Crippen LogP contribution in [0.4, 0.5) is 0 Å². The molecule has 0 saturated heterocycles. The zero-order valence-electron chi connectivity index (χ0n) is 17.5. The predicted octanol–water partition coefficient (Wildman–Crippen LogP) is 6.97. The second-order valence-corrected chi connectivity index (χ2v) is 9.70. The van der Waals surface area contributed by atoms with Gasteiger partial charge in [0.1, 0.15) is 0 Å². The third-order valence-corrected chi connectivity index (χ3v) is 5.36. The largest absolute Gasteiger partial charge is 0.378 e. The number of nitrogens with one attached hydrogen (secondary N) is 1. The average molecular weight is 356 g/mol. The monoisotopic (exact) mass is 355 g/mol. The first-order valence-electron chi connectivity index (χ1n) is 10.6. The minimum Gasteiger partial charge on any atom is -0.378 e. The fourth-order valence-electron chi connectivity index (χ4n) is 4.80. The van der Waals surface area contributed by atoms with Gasteiger partial charge in [-0.25, -0.2) is 0 Å². The van der Waals surface area contributed by atoms with Gasteiger partial charge in [-0.05, 0) is 62.3 Å². The molecule has 2 aliphatic rings. The molecule has 0 amide bonds. The summed E-state index contributed by atoms with van der Waals surface area (Å²) in [6.07, 6.45) is 13.9. The highest BCUT2D eigenvalue weighted by atomic mass is 16.5. The summed E-state index contributed by atoms with van der Waals surface area (Å²) in [6.45, 7) is 16.0. The molecule has 2 saturated carbocycles. The van der Waals surface area contributed by atoms with E-state index >= 15 is 0 Å². The van der Waals surface area contributed by atoms with Crippen molar-refractivity contribution in [2.24, 2.45) is 10.8 Å². The molecule has 2 aliphatic carbocycles. The third kappa shape index (κ3) is 11.3. The van der Waals surface area contributed by atoms with Crippen LogP contribution in [-0.4, -0.2) is 25.3 Å². The van der Waals surface area contributed by atoms with E-state index in [9.17, 15) is 0 Å². The van der Waals surface area contributed by atoms with Crippen molar-refractivity contribution in [2.45, 2.75) is 125 Å². The Kier molecular flexibility index (Phi) is 12.3. The van der Waals surface area contributed by atoms with Crippen LogP contribution in [0.1, 0.15) is 113 Å². The van der Waals surface area contributed by atoms with Crippen molar-refractivity contribution in [1.82, 2.24) is 5.32 Å². The fraction of sp³-hybridized carbons (Fsp3) is 1.00. The highest BCUT2D eigenvalue weighted by Crippen LogP contribution is 2.46. The summed E-state index contributed by atoms with van der Waals surface area (Å²) in [5, 5.41) is 3.57. The highest BCUT2D eigenvalue weighted by Gasteiger charge is 2.38. The van der Waals surface area contributed by atoms with Gasteiger partial charge in [0.15, 0.2) is 0 Å². The number of hydrogen-bond donors (Lipinski definition) is 1. The molecule has 0 spiro atoms. The number of hydrogen-bond acceptors (Lipinski definition) is 2. The molecule has 0 aromatic rings. The lowest BCUT2D eigenvalue weighted by Gasteiger charge is -2.44. The predicted molar refractivity (Wildman–Crippen MR) is 113 cm³/mol. The Morgan fingerprint density at radius 2 is 1.44 bits per heavy atom. The summed E-state index contributed by atoms with van der Waals surface area (Å²) < 4.78 is 5.90. The minimum absolute atomic E-state index is 0. The van der Waals surface area contributed by atoms with Crippen LogP contribution < -0.4 is 5.32 Å². The molecule has 0 aromatic carbocycles. The molecule has 0 aliphatic heterocycles. The molecule has 1 N–H and O–H groups in total. The highest BCUT2D eigenvalue weighted by molar-refractivity contribution is 4.89. The SMILES string of the molecule is C.CCCNC1CCCCC1.CCCOC1CC(C)(C)CC(C)(C)C1. The standard InChI is InChI=1S/C13H26O.C9H19N.CH4/c1-6-7-14-11-8-12(2,3)10-13(4,5)9-11;1-2-8-10-9-6-4-3-5-7-9;/h11H,6-10H2,1-5H3;9-10H,2-8H2,1H3;1H4. The van der Waals surface area contributed by atoms with Crippen LogP contribution in [0.3, 0.4) is 0 Å². The quantitative estimate of drug-likeness (QED) is 0.555. The van der Waals surface area contributed by atoms with E-state index in [4.69, 9.17) is 4.74 Å². The molecular formula is C23H49NO. The summed E-state index contributed by atoms with van der Waals surface area (Å²) in [5.41, 5.74) is 0.917. The van der Waals surface area contributed by atoms with E-state index in [1.54, 1.807) is 0 Å². The Morgan fingerprint density at radius 1 is 0.880 bits per heavy atom. The third-order valence-electron chi connectivity index (χ3n) is 5.36. The molecule has 0 radical (unpaired) electrons.